The molecule has 0 saturated heterocycles. The van der Waals surface area contributed by atoms with Crippen molar-refractivity contribution in [1.29, 1.82) is 0 Å². The quantitative estimate of drug-likeness (QED) is 0.673. The van der Waals surface area contributed by atoms with Gasteiger partial charge < -0.3 is 11.1 Å². The summed E-state index contributed by atoms with van der Waals surface area (Å²) < 4.78 is 1.66. The van der Waals surface area contributed by atoms with Gasteiger partial charge >= 0.3 is 0 Å². The van der Waals surface area contributed by atoms with E-state index in [2.05, 4.69) is 15.4 Å². The Morgan fingerprint density at radius 1 is 1.69 bits per heavy atom. The Morgan fingerprint density at radius 3 is 2.81 bits per heavy atom. The van der Waals surface area contributed by atoms with Gasteiger partial charge in [-0.25, -0.2) is 9.67 Å². The minimum atomic E-state index is -0.346. The maximum Gasteiger partial charge on any atom is 0.235 e. The van der Waals surface area contributed by atoms with Crippen LogP contribution in [0.15, 0.2) is 11.5 Å². The van der Waals surface area contributed by atoms with E-state index in [1.807, 2.05) is 20.9 Å². The molecule has 0 aliphatic heterocycles. The Kier molecular flexibility index (Phi) is 4.75. The van der Waals surface area contributed by atoms with E-state index < -0.39 is 0 Å². The van der Waals surface area contributed by atoms with E-state index in [9.17, 15) is 4.79 Å². The summed E-state index contributed by atoms with van der Waals surface area (Å²) in [4.78, 5) is 15.2. The number of nitrogens with one attached hydrogen (secondary N) is 1. The second-order valence-electron chi connectivity index (χ2n) is 3.75. The van der Waals surface area contributed by atoms with E-state index in [0.717, 1.165) is 5.16 Å². The van der Waals surface area contributed by atoms with Crippen LogP contribution in [0.5, 0.6) is 0 Å². The number of nitrogens with two attached hydrogens (primary N) is 1. The molecule has 1 unspecified atom stereocenters. The smallest absolute Gasteiger partial charge is 0.235 e. The number of thioether (sulfide) groups is 1. The van der Waals surface area contributed by atoms with Gasteiger partial charge in [0, 0.05) is 18.8 Å². The Labute approximate surface area is 99.0 Å². The molecule has 1 amide bonds. The Bertz CT molecular complexity index is 351. The van der Waals surface area contributed by atoms with E-state index in [4.69, 9.17) is 5.73 Å². The molecule has 1 heterocycles. The molecule has 0 aliphatic carbocycles. The first-order valence-corrected chi connectivity index (χ1v) is 6.01. The maximum atomic E-state index is 11.2. The molecular formula is C9H17N5OS. The zero-order valence-corrected chi connectivity index (χ0v) is 10.5. The van der Waals surface area contributed by atoms with Gasteiger partial charge in [-0.3, -0.25) is 4.79 Å². The van der Waals surface area contributed by atoms with E-state index in [-0.39, 0.29) is 18.0 Å². The minimum absolute atomic E-state index is 0.220. The third-order valence-corrected chi connectivity index (χ3v) is 3.05. The van der Waals surface area contributed by atoms with Crippen molar-refractivity contribution in [2.75, 3.05) is 5.75 Å². The summed E-state index contributed by atoms with van der Waals surface area (Å²) in [5.41, 5.74) is 5.30. The number of rotatable bonds is 6. The van der Waals surface area contributed by atoms with Gasteiger partial charge in [0.05, 0.1) is 6.04 Å². The molecule has 0 aromatic carbocycles. The molecule has 0 aliphatic rings. The summed E-state index contributed by atoms with van der Waals surface area (Å²) in [5.74, 6) is 0.211. The maximum absolute atomic E-state index is 11.2. The van der Waals surface area contributed by atoms with Crippen LogP contribution in [0.4, 0.5) is 0 Å². The average molecular weight is 243 g/mol. The normalized spacial score (nSPS) is 13.0. The largest absolute Gasteiger partial charge is 0.368 e. The fourth-order valence-corrected chi connectivity index (χ4v) is 2.12. The summed E-state index contributed by atoms with van der Waals surface area (Å²) in [6.07, 6.45) is 1.48. The van der Waals surface area contributed by atoms with Crippen LogP contribution in [0, 0.1) is 0 Å². The lowest BCUT2D eigenvalue weighted by atomic mass is 10.3. The number of aromatic nitrogens is 3. The van der Waals surface area contributed by atoms with E-state index in [1.54, 1.807) is 4.68 Å². The van der Waals surface area contributed by atoms with Crippen LogP contribution in [0.2, 0.25) is 0 Å². The topological polar surface area (TPSA) is 85.8 Å². The predicted molar refractivity (Wildman–Crippen MR) is 63.0 cm³/mol. The summed E-state index contributed by atoms with van der Waals surface area (Å²) in [6, 6.07) is -0.126. The summed E-state index contributed by atoms with van der Waals surface area (Å²) in [5, 5.41) is 7.83. The first-order chi connectivity index (χ1) is 7.50. The van der Waals surface area contributed by atoms with Crippen LogP contribution in [-0.4, -0.2) is 38.5 Å². The molecule has 1 atom stereocenters. The molecular weight excluding hydrogens is 226 g/mol. The van der Waals surface area contributed by atoms with Crippen LogP contribution >= 0.6 is 11.8 Å². The van der Waals surface area contributed by atoms with Crippen molar-refractivity contribution < 1.29 is 4.79 Å². The van der Waals surface area contributed by atoms with Crippen molar-refractivity contribution in [2.24, 2.45) is 12.8 Å². The second-order valence-corrected chi connectivity index (χ2v) is 4.74. The van der Waals surface area contributed by atoms with Gasteiger partial charge in [-0.15, -0.1) is 0 Å². The van der Waals surface area contributed by atoms with Gasteiger partial charge in [-0.2, -0.15) is 5.10 Å². The molecule has 0 spiro atoms. The number of primary amides is 1. The van der Waals surface area contributed by atoms with Gasteiger partial charge in [0.25, 0.3) is 0 Å². The molecule has 1 aromatic heterocycles. The summed E-state index contributed by atoms with van der Waals surface area (Å²) >= 11 is 1.46. The molecule has 0 bridgehead atoms. The number of amides is 1. The van der Waals surface area contributed by atoms with Gasteiger partial charge in [0.2, 0.25) is 5.91 Å². The van der Waals surface area contributed by atoms with Gasteiger partial charge in [-0.05, 0) is 0 Å². The molecule has 0 saturated carbocycles. The number of carbonyl (C=O) groups excluding carboxylic acids is 1. The molecule has 0 fully saturated rings. The first kappa shape index (κ1) is 13.0. The number of hydrogen-bond acceptors (Lipinski definition) is 5. The lowest BCUT2D eigenvalue weighted by molar-refractivity contribution is -0.119. The average Bonchev–Trinajstić information content (AvgIpc) is 2.57. The van der Waals surface area contributed by atoms with Crippen molar-refractivity contribution >= 4 is 17.7 Å². The van der Waals surface area contributed by atoms with E-state index in [1.165, 1.54) is 18.1 Å². The third-order valence-electron chi connectivity index (χ3n) is 1.93. The fourth-order valence-electron chi connectivity index (χ4n) is 1.19. The van der Waals surface area contributed by atoms with Crippen LogP contribution in [0.1, 0.15) is 13.8 Å². The lowest BCUT2D eigenvalue weighted by Gasteiger charge is -2.17. The van der Waals surface area contributed by atoms with Crippen molar-refractivity contribution in [1.82, 2.24) is 20.1 Å². The minimum Gasteiger partial charge on any atom is -0.368 e. The zero-order valence-electron chi connectivity index (χ0n) is 9.67. The Morgan fingerprint density at radius 2 is 2.38 bits per heavy atom. The Hall–Kier alpha value is -1.08. The van der Waals surface area contributed by atoms with Crippen molar-refractivity contribution in [2.45, 2.75) is 31.1 Å². The molecule has 1 aromatic rings. The molecule has 16 heavy (non-hydrogen) atoms. The SMILES string of the molecule is CC(C)NC(CSc1ncnn1C)C(N)=O. The summed E-state index contributed by atoms with van der Waals surface area (Å²) in [7, 11) is 1.81. The highest BCUT2D eigenvalue weighted by atomic mass is 32.2. The molecule has 6 nitrogen and oxygen atoms in total. The number of nitrogens with zero attached hydrogens (tertiary/aromatic N) is 3. The standard InChI is InChI=1S/C9H17N5OS/c1-6(2)13-7(8(10)15)4-16-9-11-5-12-14(9)3/h5-7,13H,4H2,1-3H3,(H2,10,15). The van der Waals surface area contributed by atoms with Crippen molar-refractivity contribution in [3.8, 4) is 0 Å². The number of hydrogen-bond donors (Lipinski definition) is 2. The van der Waals surface area contributed by atoms with E-state index >= 15 is 0 Å². The predicted octanol–water partition coefficient (Wildman–Crippen LogP) is -0.241. The lowest BCUT2D eigenvalue weighted by Crippen LogP contribution is -2.46. The number of aryl methyl sites for hydroxylation is 1. The first-order valence-electron chi connectivity index (χ1n) is 5.03. The molecule has 7 heteroatoms. The Balaban J connectivity index is 2.50. The van der Waals surface area contributed by atoms with Gasteiger partial charge in [-0.1, -0.05) is 25.6 Å². The zero-order chi connectivity index (χ0) is 12.1. The van der Waals surface area contributed by atoms with E-state index in [0.29, 0.717) is 5.75 Å². The highest BCUT2D eigenvalue weighted by Gasteiger charge is 2.17. The van der Waals surface area contributed by atoms with Crippen LogP contribution in [-0.2, 0) is 11.8 Å². The van der Waals surface area contributed by atoms with Crippen LogP contribution < -0.4 is 11.1 Å². The number of carbonyl (C=O) groups is 1. The fraction of sp³-hybridized carbons (Fsp3) is 0.667. The highest BCUT2D eigenvalue weighted by molar-refractivity contribution is 7.99. The van der Waals surface area contributed by atoms with Crippen LogP contribution in [0.25, 0.3) is 0 Å². The molecule has 0 radical (unpaired) electrons. The van der Waals surface area contributed by atoms with Gasteiger partial charge in [0.1, 0.15) is 6.33 Å². The second kappa shape index (κ2) is 5.86. The highest BCUT2D eigenvalue weighted by Crippen LogP contribution is 2.14. The molecule has 3 N–H and O–H groups in total. The van der Waals surface area contributed by atoms with Crippen molar-refractivity contribution in [3.63, 3.8) is 0 Å². The van der Waals surface area contributed by atoms with Gasteiger partial charge in [0.15, 0.2) is 5.16 Å². The third kappa shape index (κ3) is 3.82. The molecule has 1 rings (SSSR count). The monoisotopic (exact) mass is 243 g/mol. The molecule has 90 valence electrons. The van der Waals surface area contributed by atoms with Crippen molar-refractivity contribution in [3.05, 3.63) is 6.33 Å². The summed E-state index contributed by atoms with van der Waals surface area (Å²) in [6.45, 7) is 3.95. The van der Waals surface area contributed by atoms with Crippen LogP contribution in [0.3, 0.4) is 0 Å².